The predicted molar refractivity (Wildman–Crippen MR) is 107 cm³/mol. The average Bonchev–Trinajstić information content (AvgIpc) is 3.00. The molecule has 1 radical (unpaired) electrons. The van der Waals surface area contributed by atoms with E-state index in [0.717, 1.165) is 40.5 Å². The van der Waals surface area contributed by atoms with Gasteiger partial charge in [-0.25, -0.2) is 0 Å². The lowest BCUT2D eigenvalue weighted by Gasteiger charge is -2.12. The molecular weight excluding hydrogens is 377 g/mol. The first-order valence-corrected chi connectivity index (χ1v) is 9.21. The van der Waals surface area contributed by atoms with Gasteiger partial charge in [-0.05, 0) is 53.9 Å². The first-order valence-electron chi connectivity index (χ1n) is 9.21. The first kappa shape index (κ1) is 19.1. The van der Waals surface area contributed by atoms with Crippen molar-refractivity contribution in [3.8, 4) is 0 Å². The predicted octanol–water partition coefficient (Wildman–Crippen LogP) is 5.32. The molecule has 147 valence electrons. The van der Waals surface area contributed by atoms with Crippen LogP contribution in [0.3, 0.4) is 0 Å². The van der Waals surface area contributed by atoms with E-state index in [9.17, 15) is 18.0 Å². The molecule has 0 aliphatic heterocycles. The van der Waals surface area contributed by atoms with Crippen LogP contribution < -0.4 is 5.73 Å². The minimum Gasteiger partial charge on any atom is -0.366 e. The maximum Gasteiger partial charge on any atom is 0.416 e. The summed E-state index contributed by atoms with van der Waals surface area (Å²) in [7, 11) is 0. The summed E-state index contributed by atoms with van der Waals surface area (Å²) in [5.41, 5.74) is 8.37. The van der Waals surface area contributed by atoms with Crippen LogP contribution in [-0.2, 0) is 19.1 Å². The third-order valence-corrected chi connectivity index (χ3v) is 5.12. The monoisotopic (exact) mass is 395 g/mol. The van der Waals surface area contributed by atoms with Crippen molar-refractivity contribution in [3.63, 3.8) is 0 Å². The number of halogens is 3. The zero-order chi connectivity index (χ0) is 20.8. The third-order valence-electron chi connectivity index (χ3n) is 5.12. The second-order valence-corrected chi connectivity index (χ2v) is 6.97. The molecule has 0 spiro atoms. The van der Waals surface area contributed by atoms with Crippen LogP contribution in [0.5, 0.6) is 0 Å². The van der Waals surface area contributed by atoms with Crippen molar-refractivity contribution in [2.45, 2.75) is 26.1 Å². The molecule has 0 aliphatic rings. The maximum absolute atomic E-state index is 13.1. The Labute approximate surface area is 165 Å². The van der Waals surface area contributed by atoms with E-state index >= 15 is 0 Å². The van der Waals surface area contributed by atoms with E-state index in [1.165, 1.54) is 6.07 Å². The Kier molecular flexibility index (Phi) is 4.57. The summed E-state index contributed by atoms with van der Waals surface area (Å²) < 4.78 is 41.3. The van der Waals surface area contributed by atoms with Crippen LogP contribution in [0.1, 0.15) is 34.0 Å². The van der Waals surface area contributed by atoms with Gasteiger partial charge in [-0.3, -0.25) is 4.79 Å². The molecule has 29 heavy (non-hydrogen) atoms. The number of hydrogen-bond donors (Lipinski definition) is 1. The van der Waals surface area contributed by atoms with Gasteiger partial charge >= 0.3 is 6.18 Å². The van der Waals surface area contributed by atoms with Crippen LogP contribution in [0.2, 0.25) is 0 Å². The fourth-order valence-electron chi connectivity index (χ4n) is 3.71. The molecular formula is C23H18F3N2O. The molecule has 0 aliphatic carbocycles. The highest BCUT2D eigenvalue weighted by atomic mass is 19.4. The molecule has 2 N–H and O–H groups in total. The number of fused-ring (bicyclic) bond motifs is 3. The van der Waals surface area contributed by atoms with Crippen molar-refractivity contribution in [2.24, 2.45) is 5.73 Å². The van der Waals surface area contributed by atoms with Crippen LogP contribution >= 0.6 is 0 Å². The molecule has 4 aromatic rings. The van der Waals surface area contributed by atoms with E-state index < -0.39 is 17.6 Å². The molecule has 6 heteroatoms. The number of nitrogens with zero attached hydrogens (tertiary/aromatic N) is 1. The van der Waals surface area contributed by atoms with Crippen molar-refractivity contribution in [1.29, 1.82) is 0 Å². The highest BCUT2D eigenvalue weighted by molar-refractivity contribution is 6.17. The molecule has 1 aromatic heterocycles. The summed E-state index contributed by atoms with van der Waals surface area (Å²) >= 11 is 0. The Hall–Kier alpha value is -3.28. The Morgan fingerprint density at radius 1 is 1.07 bits per heavy atom. The first-order chi connectivity index (χ1) is 13.8. The van der Waals surface area contributed by atoms with Gasteiger partial charge in [-0.1, -0.05) is 31.2 Å². The lowest BCUT2D eigenvalue weighted by atomic mass is 10.0. The average molecular weight is 395 g/mol. The summed E-state index contributed by atoms with van der Waals surface area (Å²) in [5.74, 6) is -0.554. The number of carbonyl (C=O) groups is 1. The number of carbonyl (C=O) groups excluding carboxylic acids is 1. The van der Waals surface area contributed by atoms with Gasteiger partial charge in [-0.2, -0.15) is 13.2 Å². The quantitative estimate of drug-likeness (QED) is 0.499. The fraction of sp³-hybridized carbons (Fsp3) is 0.174. The maximum atomic E-state index is 13.1. The molecule has 3 nitrogen and oxygen atoms in total. The van der Waals surface area contributed by atoms with Gasteiger partial charge in [0.15, 0.2) is 0 Å². The lowest BCUT2D eigenvalue weighted by molar-refractivity contribution is -0.137. The standard InChI is InChI=1S/C23H18F3N2O/c1-2-14-9-10-17-20(12-14)28(19-8-4-7-18(21(17)19)22(27)29)13-15-5-3-6-16(11-15)23(24,25)26/h3-9,11-12H,2,13H2,1H3,(H2,27,29). The molecule has 0 atom stereocenters. The van der Waals surface area contributed by atoms with Crippen LogP contribution in [0, 0.1) is 6.07 Å². The van der Waals surface area contributed by atoms with E-state index in [-0.39, 0.29) is 6.54 Å². The molecule has 0 bridgehead atoms. The fourth-order valence-corrected chi connectivity index (χ4v) is 3.71. The number of rotatable bonds is 4. The highest BCUT2D eigenvalue weighted by Gasteiger charge is 2.30. The topological polar surface area (TPSA) is 48.0 Å². The molecule has 1 heterocycles. The number of primary amides is 1. The number of aryl methyl sites for hydroxylation is 1. The zero-order valence-corrected chi connectivity index (χ0v) is 15.7. The van der Waals surface area contributed by atoms with E-state index in [1.807, 2.05) is 29.7 Å². The van der Waals surface area contributed by atoms with E-state index in [2.05, 4.69) is 6.07 Å². The highest BCUT2D eigenvalue weighted by Crippen LogP contribution is 2.34. The summed E-state index contributed by atoms with van der Waals surface area (Å²) in [6.45, 7) is 2.25. The molecule has 0 saturated carbocycles. The van der Waals surface area contributed by atoms with Gasteiger partial charge in [0.2, 0.25) is 5.91 Å². The zero-order valence-electron chi connectivity index (χ0n) is 15.7. The third kappa shape index (κ3) is 3.35. The summed E-state index contributed by atoms with van der Waals surface area (Å²) in [5, 5.41) is 1.41. The van der Waals surface area contributed by atoms with Crippen LogP contribution in [0.25, 0.3) is 21.8 Å². The smallest absolute Gasteiger partial charge is 0.366 e. The Morgan fingerprint density at radius 3 is 2.52 bits per heavy atom. The number of benzene rings is 3. The molecule has 0 fully saturated rings. The molecule has 3 aromatic carbocycles. The van der Waals surface area contributed by atoms with Crippen molar-refractivity contribution >= 4 is 27.7 Å². The van der Waals surface area contributed by atoms with Gasteiger partial charge in [0, 0.05) is 22.9 Å². The molecule has 0 saturated heterocycles. The Bertz CT molecular complexity index is 1240. The number of hydrogen-bond acceptors (Lipinski definition) is 1. The SMILES string of the molecule is CCc1c[c]c2c3c(C(N)=O)cccc3n(Cc3cccc(C(F)(F)F)c3)c2c1. The molecule has 1 amide bonds. The van der Waals surface area contributed by atoms with Gasteiger partial charge in [0.1, 0.15) is 0 Å². The van der Waals surface area contributed by atoms with E-state index in [0.29, 0.717) is 16.5 Å². The van der Waals surface area contributed by atoms with Gasteiger partial charge in [-0.15, -0.1) is 0 Å². The van der Waals surface area contributed by atoms with E-state index in [4.69, 9.17) is 5.73 Å². The van der Waals surface area contributed by atoms with Crippen LogP contribution in [-0.4, -0.2) is 10.5 Å². The number of alkyl halides is 3. The normalized spacial score (nSPS) is 12.0. The number of amides is 1. The van der Waals surface area contributed by atoms with E-state index in [1.54, 1.807) is 18.2 Å². The van der Waals surface area contributed by atoms with Gasteiger partial charge < -0.3 is 10.3 Å². The largest absolute Gasteiger partial charge is 0.416 e. The molecule has 0 unspecified atom stereocenters. The van der Waals surface area contributed by atoms with Gasteiger partial charge in [0.05, 0.1) is 16.6 Å². The summed E-state index contributed by atoms with van der Waals surface area (Å²) in [4.78, 5) is 12.0. The second kappa shape index (κ2) is 6.95. The summed E-state index contributed by atoms with van der Waals surface area (Å²) in [6.07, 6.45) is -3.61. The van der Waals surface area contributed by atoms with Crippen molar-refractivity contribution in [1.82, 2.24) is 4.57 Å². The van der Waals surface area contributed by atoms with Crippen molar-refractivity contribution < 1.29 is 18.0 Å². The van der Waals surface area contributed by atoms with Crippen LogP contribution in [0.15, 0.2) is 54.6 Å². The summed E-state index contributed by atoms with van der Waals surface area (Å²) in [6, 6.07) is 17.6. The minimum absolute atomic E-state index is 0.229. The minimum atomic E-state index is -4.40. The number of nitrogens with two attached hydrogens (primary N) is 1. The second-order valence-electron chi connectivity index (χ2n) is 6.97. The number of aromatic nitrogens is 1. The van der Waals surface area contributed by atoms with Gasteiger partial charge in [0.25, 0.3) is 0 Å². The Morgan fingerprint density at radius 2 is 1.83 bits per heavy atom. The Balaban J connectivity index is 1.98. The molecule has 4 rings (SSSR count). The lowest BCUT2D eigenvalue weighted by Crippen LogP contribution is -2.11. The van der Waals surface area contributed by atoms with Crippen molar-refractivity contribution in [2.75, 3.05) is 0 Å². The van der Waals surface area contributed by atoms with Crippen molar-refractivity contribution in [3.05, 3.63) is 82.9 Å². The van der Waals surface area contributed by atoms with Crippen LogP contribution in [0.4, 0.5) is 13.2 Å².